The Hall–Kier alpha value is -1.09. The van der Waals surface area contributed by atoms with E-state index < -0.39 is 0 Å². The van der Waals surface area contributed by atoms with Crippen LogP contribution in [0.25, 0.3) is 0 Å². The third-order valence-corrected chi connectivity index (χ3v) is 3.10. The third kappa shape index (κ3) is 1.84. The summed E-state index contributed by atoms with van der Waals surface area (Å²) in [5.74, 6) is 0. The topological polar surface area (TPSA) is 15.3 Å². The van der Waals surface area contributed by atoms with E-state index in [0.717, 1.165) is 18.1 Å². The monoisotopic (exact) mass is 220 g/mol. The minimum absolute atomic E-state index is 0.467. The second-order valence-electron chi connectivity index (χ2n) is 3.89. The maximum absolute atomic E-state index is 5.38. The zero-order valence-electron chi connectivity index (χ0n) is 9.16. The number of hydrogen-bond acceptors (Lipinski definition) is 1. The molecule has 1 aliphatic rings. The highest BCUT2D eigenvalue weighted by Gasteiger charge is 2.27. The van der Waals surface area contributed by atoms with Crippen LogP contribution in [-0.4, -0.2) is 17.7 Å². The van der Waals surface area contributed by atoms with E-state index in [-0.39, 0.29) is 0 Å². The first-order valence-corrected chi connectivity index (χ1v) is 5.79. The zero-order valence-corrected chi connectivity index (χ0v) is 9.97. The molecule has 0 saturated carbocycles. The van der Waals surface area contributed by atoms with Crippen LogP contribution >= 0.6 is 12.2 Å². The summed E-state index contributed by atoms with van der Waals surface area (Å²) in [5, 5.41) is 4.06. The van der Waals surface area contributed by atoms with Crippen molar-refractivity contribution in [3.05, 3.63) is 29.8 Å². The number of hydrogen-bond donors (Lipinski definition) is 1. The lowest BCUT2D eigenvalue weighted by atomic mass is 10.1. The molecule has 15 heavy (non-hydrogen) atoms. The summed E-state index contributed by atoms with van der Waals surface area (Å²) in [7, 11) is 0. The molecule has 1 aromatic rings. The van der Waals surface area contributed by atoms with Gasteiger partial charge in [0.15, 0.2) is 5.11 Å². The average molecular weight is 220 g/mol. The minimum atomic E-state index is 0.467. The van der Waals surface area contributed by atoms with E-state index in [1.165, 1.54) is 11.3 Å². The molecule has 1 heterocycles. The Morgan fingerprint density at radius 3 is 3.00 bits per heavy atom. The van der Waals surface area contributed by atoms with Crippen molar-refractivity contribution in [3.8, 4) is 0 Å². The van der Waals surface area contributed by atoms with Gasteiger partial charge in [-0.2, -0.15) is 0 Å². The summed E-state index contributed by atoms with van der Waals surface area (Å²) in [6.07, 6.45) is 1.09. The number of nitrogens with one attached hydrogen (secondary N) is 1. The van der Waals surface area contributed by atoms with Crippen molar-refractivity contribution in [3.63, 3.8) is 0 Å². The SMILES string of the molecule is CCNC(=S)N1c2ccccc2C[C@@H]1C. The Kier molecular flexibility index (Phi) is 2.91. The normalized spacial score (nSPS) is 18.8. The lowest BCUT2D eigenvalue weighted by molar-refractivity contribution is 0.760. The van der Waals surface area contributed by atoms with Crippen LogP contribution < -0.4 is 10.2 Å². The molecule has 1 N–H and O–H groups in total. The van der Waals surface area contributed by atoms with Crippen molar-refractivity contribution in [2.45, 2.75) is 26.3 Å². The lowest BCUT2D eigenvalue weighted by Crippen LogP contribution is -2.42. The number of thiocarbonyl (C=S) groups is 1. The van der Waals surface area contributed by atoms with Crippen LogP contribution in [0.5, 0.6) is 0 Å². The van der Waals surface area contributed by atoms with E-state index >= 15 is 0 Å². The van der Waals surface area contributed by atoms with Crippen molar-refractivity contribution in [1.29, 1.82) is 0 Å². The number of nitrogens with zero attached hydrogens (tertiary/aromatic N) is 1. The molecule has 0 amide bonds. The number of anilines is 1. The predicted molar refractivity (Wildman–Crippen MR) is 68.4 cm³/mol. The second kappa shape index (κ2) is 4.19. The van der Waals surface area contributed by atoms with Gasteiger partial charge >= 0.3 is 0 Å². The summed E-state index contributed by atoms with van der Waals surface area (Å²) in [6.45, 7) is 5.16. The van der Waals surface area contributed by atoms with Gasteiger partial charge < -0.3 is 10.2 Å². The van der Waals surface area contributed by atoms with E-state index in [2.05, 4.69) is 48.3 Å². The van der Waals surface area contributed by atoms with Crippen molar-refractivity contribution in [2.24, 2.45) is 0 Å². The summed E-state index contributed by atoms with van der Waals surface area (Å²) < 4.78 is 0. The average Bonchev–Trinajstić information content (AvgIpc) is 2.54. The smallest absolute Gasteiger partial charge is 0.173 e. The Morgan fingerprint density at radius 2 is 2.27 bits per heavy atom. The molecule has 3 heteroatoms. The number of fused-ring (bicyclic) bond motifs is 1. The summed E-state index contributed by atoms with van der Waals surface area (Å²) in [6, 6.07) is 8.95. The van der Waals surface area contributed by atoms with E-state index in [9.17, 15) is 0 Å². The van der Waals surface area contributed by atoms with Crippen molar-refractivity contribution in [2.75, 3.05) is 11.4 Å². The molecule has 0 unspecified atom stereocenters. The number of benzene rings is 1. The predicted octanol–water partition coefficient (Wildman–Crippen LogP) is 2.33. The lowest BCUT2D eigenvalue weighted by Gasteiger charge is -2.25. The molecule has 0 fully saturated rings. The Morgan fingerprint density at radius 1 is 1.53 bits per heavy atom. The molecule has 2 nitrogen and oxygen atoms in total. The highest BCUT2D eigenvalue weighted by atomic mass is 32.1. The molecule has 0 saturated heterocycles. The molecular weight excluding hydrogens is 204 g/mol. The molecule has 1 atom stereocenters. The van der Waals surface area contributed by atoms with Gasteiger partial charge in [0.2, 0.25) is 0 Å². The van der Waals surface area contributed by atoms with Crippen LogP contribution in [0.15, 0.2) is 24.3 Å². The first-order valence-electron chi connectivity index (χ1n) is 5.39. The second-order valence-corrected chi connectivity index (χ2v) is 4.27. The van der Waals surface area contributed by atoms with E-state index in [1.807, 2.05) is 0 Å². The van der Waals surface area contributed by atoms with Gasteiger partial charge in [-0.05, 0) is 44.1 Å². The third-order valence-electron chi connectivity index (χ3n) is 2.75. The summed E-state index contributed by atoms with van der Waals surface area (Å²) in [5.41, 5.74) is 2.65. The molecule has 0 aromatic heterocycles. The highest BCUT2D eigenvalue weighted by molar-refractivity contribution is 7.80. The Bertz CT molecular complexity index is 376. The van der Waals surface area contributed by atoms with E-state index in [0.29, 0.717) is 6.04 Å². The van der Waals surface area contributed by atoms with Gasteiger partial charge in [-0.15, -0.1) is 0 Å². The van der Waals surface area contributed by atoms with Gasteiger partial charge in [0.1, 0.15) is 0 Å². The Labute approximate surface area is 96.3 Å². The van der Waals surface area contributed by atoms with E-state index in [4.69, 9.17) is 12.2 Å². The summed E-state index contributed by atoms with van der Waals surface area (Å²) >= 11 is 5.38. The van der Waals surface area contributed by atoms with Crippen molar-refractivity contribution >= 4 is 23.0 Å². The van der Waals surface area contributed by atoms with Crippen molar-refractivity contribution < 1.29 is 0 Å². The minimum Gasteiger partial charge on any atom is -0.363 e. The molecule has 2 rings (SSSR count). The van der Waals surface area contributed by atoms with Crippen LogP contribution in [-0.2, 0) is 6.42 Å². The molecule has 1 aromatic carbocycles. The van der Waals surface area contributed by atoms with Crippen LogP contribution in [0, 0.1) is 0 Å². The standard InChI is InChI=1S/C12H16N2S/c1-3-13-12(15)14-9(2)8-10-6-4-5-7-11(10)14/h4-7,9H,3,8H2,1-2H3,(H,13,15)/t9-/m0/s1. The van der Waals surface area contributed by atoms with Gasteiger partial charge in [-0.3, -0.25) is 0 Å². The first kappa shape index (κ1) is 10.4. The summed E-state index contributed by atoms with van der Waals surface area (Å²) in [4.78, 5) is 2.22. The van der Waals surface area contributed by atoms with Crippen LogP contribution in [0.4, 0.5) is 5.69 Å². The molecule has 0 bridgehead atoms. The quantitative estimate of drug-likeness (QED) is 0.731. The van der Waals surface area contributed by atoms with Crippen LogP contribution in [0.2, 0.25) is 0 Å². The number of para-hydroxylation sites is 1. The van der Waals surface area contributed by atoms with Gasteiger partial charge in [0.05, 0.1) is 0 Å². The Balaban J connectivity index is 2.29. The molecular formula is C12H16N2S. The molecule has 0 spiro atoms. The zero-order chi connectivity index (χ0) is 10.8. The highest BCUT2D eigenvalue weighted by Crippen LogP contribution is 2.31. The number of rotatable bonds is 1. The molecule has 0 aliphatic carbocycles. The molecule has 80 valence electrons. The fourth-order valence-electron chi connectivity index (χ4n) is 2.11. The largest absolute Gasteiger partial charge is 0.363 e. The first-order chi connectivity index (χ1) is 7.24. The molecule has 0 radical (unpaired) electrons. The van der Waals surface area contributed by atoms with Crippen LogP contribution in [0.3, 0.4) is 0 Å². The van der Waals surface area contributed by atoms with Gasteiger partial charge in [-0.1, -0.05) is 18.2 Å². The van der Waals surface area contributed by atoms with Gasteiger partial charge in [-0.25, -0.2) is 0 Å². The fraction of sp³-hybridized carbons (Fsp3) is 0.417. The van der Waals surface area contributed by atoms with E-state index in [1.54, 1.807) is 0 Å². The van der Waals surface area contributed by atoms with Gasteiger partial charge in [0.25, 0.3) is 0 Å². The maximum Gasteiger partial charge on any atom is 0.173 e. The fourth-order valence-corrected chi connectivity index (χ4v) is 2.53. The molecule has 1 aliphatic heterocycles. The van der Waals surface area contributed by atoms with Crippen LogP contribution in [0.1, 0.15) is 19.4 Å². The van der Waals surface area contributed by atoms with Gasteiger partial charge in [0, 0.05) is 18.3 Å². The van der Waals surface area contributed by atoms with Crippen molar-refractivity contribution in [1.82, 2.24) is 5.32 Å². The maximum atomic E-state index is 5.38.